The second-order valence-corrected chi connectivity index (χ2v) is 8.11. The van der Waals surface area contributed by atoms with Crippen LogP contribution in [0.4, 0.5) is 0 Å². The number of aryl methyl sites for hydroxylation is 1. The first-order valence-corrected chi connectivity index (χ1v) is 9.25. The van der Waals surface area contributed by atoms with Crippen LogP contribution in [0.15, 0.2) is 15.4 Å². The van der Waals surface area contributed by atoms with Gasteiger partial charge in [0.15, 0.2) is 0 Å². The molecule has 21 heavy (non-hydrogen) atoms. The Bertz CT molecular complexity index is 613. The van der Waals surface area contributed by atoms with Gasteiger partial charge in [0.25, 0.3) is 0 Å². The van der Waals surface area contributed by atoms with Crippen LogP contribution in [0.25, 0.3) is 0 Å². The lowest BCUT2D eigenvalue weighted by atomic mass is 10.0. The van der Waals surface area contributed by atoms with E-state index in [-0.39, 0.29) is 10.3 Å². The van der Waals surface area contributed by atoms with E-state index in [1.54, 1.807) is 13.0 Å². The lowest BCUT2D eigenvalue weighted by molar-refractivity contribution is 0.430. The van der Waals surface area contributed by atoms with Gasteiger partial charge in [-0.05, 0) is 50.5 Å². The van der Waals surface area contributed by atoms with Gasteiger partial charge < -0.3 is 9.73 Å². The smallest absolute Gasteiger partial charge is 0.244 e. The lowest BCUT2D eigenvalue weighted by Gasteiger charge is -2.14. The molecule has 118 valence electrons. The van der Waals surface area contributed by atoms with Crippen LogP contribution < -0.4 is 10.0 Å². The molecule has 0 spiro atoms. The number of nitrogens with one attached hydrogen (secondary N) is 2. The summed E-state index contributed by atoms with van der Waals surface area (Å²) >= 11 is 0. The van der Waals surface area contributed by atoms with Gasteiger partial charge in [0.2, 0.25) is 10.0 Å². The molecular formula is C15H24N2O3S. The molecule has 2 aliphatic rings. The zero-order chi connectivity index (χ0) is 15.1. The maximum absolute atomic E-state index is 12.5. The molecule has 0 radical (unpaired) electrons. The fourth-order valence-electron chi connectivity index (χ4n) is 3.03. The molecule has 0 unspecified atom stereocenters. The van der Waals surface area contributed by atoms with Gasteiger partial charge in [-0.2, -0.15) is 0 Å². The molecule has 2 saturated carbocycles. The van der Waals surface area contributed by atoms with E-state index >= 15 is 0 Å². The summed E-state index contributed by atoms with van der Waals surface area (Å²) in [6.07, 6.45) is 4.85. The zero-order valence-electron chi connectivity index (χ0n) is 12.7. The Balaban J connectivity index is 1.67. The van der Waals surface area contributed by atoms with Crippen LogP contribution in [0.1, 0.15) is 44.1 Å². The van der Waals surface area contributed by atoms with E-state index < -0.39 is 10.0 Å². The number of sulfonamides is 1. The van der Waals surface area contributed by atoms with Crippen molar-refractivity contribution in [3.05, 3.63) is 17.6 Å². The Hall–Kier alpha value is -0.850. The molecule has 3 rings (SSSR count). The summed E-state index contributed by atoms with van der Waals surface area (Å²) in [6, 6.07) is 1.64. The van der Waals surface area contributed by atoms with Crippen molar-refractivity contribution in [2.45, 2.75) is 51.0 Å². The van der Waals surface area contributed by atoms with E-state index in [2.05, 4.69) is 10.0 Å². The lowest BCUT2D eigenvalue weighted by Crippen LogP contribution is -2.31. The highest BCUT2D eigenvalue weighted by atomic mass is 32.2. The molecule has 0 aromatic carbocycles. The van der Waals surface area contributed by atoms with E-state index in [4.69, 9.17) is 4.42 Å². The van der Waals surface area contributed by atoms with E-state index in [1.165, 1.54) is 12.8 Å². The molecule has 0 saturated heterocycles. The van der Waals surface area contributed by atoms with Crippen molar-refractivity contribution in [2.75, 3.05) is 13.1 Å². The monoisotopic (exact) mass is 312 g/mol. The van der Waals surface area contributed by atoms with Gasteiger partial charge in [-0.15, -0.1) is 0 Å². The molecule has 1 aromatic heterocycles. The highest BCUT2D eigenvalue weighted by Gasteiger charge is 2.53. The number of furan rings is 1. The van der Waals surface area contributed by atoms with Gasteiger partial charge in [0, 0.05) is 12.6 Å². The third kappa shape index (κ3) is 3.17. The molecule has 2 N–H and O–H groups in total. The van der Waals surface area contributed by atoms with Gasteiger partial charge in [-0.3, -0.25) is 0 Å². The van der Waals surface area contributed by atoms with Crippen LogP contribution in [0, 0.1) is 18.3 Å². The molecule has 2 aliphatic carbocycles. The Labute approximate surface area is 126 Å². The summed E-state index contributed by atoms with van der Waals surface area (Å²) in [5.74, 6) is 1.87. The first kappa shape index (κ1) is 15.1. The zero-order valence-corrected chi connectivity index (χ0v) is 13.6. The maximum Gasteiger partial charge on any atom is 0.244 e. The van der Waals surface area contributed by atoms with Crippen molar-refractivity contribution in [2.24, 2.45) is 11.3 Å². The first-order valence-electron chi connectivity index (χ1n) is 7.76. The molecule has 6 heteroatoms. The molecule has 0 amide bonds. The van der Waals surface area contributed by atoms with Crippen LogP contribution in [0.3, 0.4) is 0 Å². The number of rotatable bonds is 8. The normalized spacial score (nSPS) is 20.7. The van der Waals surface area contributed by atoms with E-state index in [1.807, 2.05) is 6.92 Å². The summed E-state index contributed by atoms with van der Waals surface area (Å²) in [5.41, 5.74) is 0.261. The van der Waals surface area contributed by atoms with Gasteiger partial charge in [-0.1, -0.05) is 6.92 Å². The topological polar surface area (TPSA) is 71.3 Å². The summed E-state index contributed by atoms with van der Waals surface area (Å²) in [7, 11) is -3.47. The van der Waals surface area contributed by atoms with Gasteiger partial charge in [0.05, 0.1) is 6.54 Å². The van der Waals surface area contributed by atoms with E-state index in [0.29, 0.717) is 24.6 Å². The molecule has 1 heterocycles. The Morgan fingerprint density at radius 2 is 2.10 bits per heavy atom. The second-order valence-electron chi connectivity index (χ2n) is 6.37. The predicted molar refractivity (Wildman–Crippen MR) is 80.4 cm³/mol. The van der Waals surface area contributed by atoms with Gasteiger partial charge in [-0.25, -0.2) is 13.1 Å². The highest BCUT2D eigenvalue weighted by molar-refractivity contribution is 7.89. The van der Waals surface area contributed by atoms with Gasteiger partial charge >= 0.3 is 0 Å². The number of hydrogen-bond donors (Lipinski definition) is 2. The van der Waals surface area contributed by atoms with Crippen LogP contribution in [-0.2, 0) is 16.6 Å². The van der Waals surface area contributed by atoms with E-state index in [9.17, 15) is 8.42 Å². The maximum atomic E-state index is 12.5. The fourth-order valence-corrected chi connectivity index (χ4v) is 4.37. The average Bonchev–Trinajstić information content (AvgIpc) is 3.32. The minimum Gasteiger partial charge on any atom is -0.464 e. The number of hydrogen-bond acceptors (Lipinski definition) is 4. The van der Waals surface area contributed by atoms with Crippen molar-refractivity contribution in [3.63, 3.8) is 0 Å². The molecular weight excluding hydrogens is 288 g/mol. The summed E-state index contributed by atoms with van der Waals surface area (Å²) in [6.45, 7) is 5.66. The van der Waals surface area contributed by atoms with Crippen molar-refractivity contribution < 1.29 is 12.8 Å². The van der Waals surface area contributed by atoms with Crippen molar-refractivity contribution in [3.8, 4) is 0 Å². The van der Waals surface area contributed by atoms with Crippen molar-refractivity contribution in [1.82, 2.24) is 10.0 Å². The molecule has 1 aromatic rings. The molecule has 0 atom stereocenters. The molecule has 2 fully saturated rings. The van der Waals surface area contributed by atoms with Crippen LogP contribution in [0.2, 0.25) is 0 Å². The van der Waals surface area contributed by atoms with Crippen LogP contribution >= 0.6 is 0 Å². The van der Waals surface area contributed by atoms with Gasteiger partial charge in [0.1, 0.15) is 16.4 Å². The Morgan fingerprint density at radius 1 is 1.38 bits per heavy atom. The second kappa shape index (κ2) is 5.41. The van der Waals surface area contributed by atoms with Crippen molar-refractivity contribution in [1.29, 1.82) is 0 Å². The van der Waals surface area contributed by atoms with E-state index in [0.717, 1.165) is 25.3 Å². The summed E-state index contributed by atoms with van der Waals surface area (Å²) in [5, 5.41) is 3.14. The third-order valence-electron chi connectivity index (χ3n) is 4.71. The predicted octanol–water partition coefficient (Wildman–Crippen LogP) is 2.17. The largest absolute Gasteiger partial charge is 0.464 e. The SMILES string of the molecule is CCNCc1cc(S(=O)(=O)NCC2(C3CC3)CC2)c(C)o1. The minimum atomic E-state index is -3.47. The fraction of sp³-hybridized carbons (Fsp3) is 0.733. The highest BCUT2D eigenvalue weighted by Crippen LogP contribution is 2.60. The first-order chi connectivity index (χ1) is 9.97. The Kier molecular flexibility index (Phi) is 3.88. The average molecular weight is 312 g/mol. The summed E-state index contributed by atoms with van der Waals surface area (Å²) in [4.78, 5) is 0.280. The van der Waals surface area contributed by atoms with Crippen LogP contribution in [0.5, 0.6) is 0 Å². The van der Waals surface area contributed by atoms with Crippen molar-refractivity contribution >= 4 is 10.0 Å². The molecule has 5 nitrogen and oxygen atoms in total. The molecule has 0 bridgehead atoms. The van der Waals surface area contributed by atoms with Crippen LogP contribution in [-0.4, -0.2) is 21.5 Å². The summed E-state index contributed by atoms with van der Waals surface area (Å²) < 4.78 is 33.3. The Morgan fingerprint density at radius 3 is 2.67 bits per heavy atom. The third-order valence-corrected chi connectivity index (χ3v) is 6.22. The minimum absolute atomic E-state index is 0.261. The quantitative estimate of drug-likeness (QED) is 0.772. The standard InChI is InChI=1S/C15H24N2O3S/c1-3-16-9-13-8-14(11(2)20-13)21(18,19)17-10-15(6-7-15)12-4-5-12/h8,12,16-17H,3-7,9-10H2,1-2H3. The molecule has 0 aliphatic heterocycles.